The summed E-state index contributed by atoms with van der Waals surface area (Å²) in [6.07, 6.45) is -2.98. The molecular formula is C20H17ClF3N2O2+. The molecule has 3 rings (SSSR count). The molecule has 0 spiro atoms. The number of carbonyl (C=O) groups is 1. The van der Waals surface area contributed by atoms with Gasteiger partial charge in [-0.3, -0.25) is 4.79 Å². The van der Waals surface area contributed by atoms with Gasteiger partial charge >= 0.3 is 6.18 Å². The predicted octanol–water partition coefficient (Wildman–Crippen LogP) is 4.24. The Labute approximate surface area is 164 Å². The maximum absolute atomic E-state index is 12.9. The fraction of sp³-hybridized carbons (Fsp3) is 0.150. The van der Waals surface area contributed by atoms with Crippen molar-refractivity contribution in [1.29, 1.82) is 0 Å². The van der Waals surface area contributed by atoms with Crippen LogP contribution in [0.1, 0.15) is 22.9 Å². The molecule has 0 fully saturated rings. The summed E-state index contributed by atoms with van der Waals surface area (Å²) in [4.78, 5) is 12.3. The summed E-state index contributed by atoms with van der Waals surface area (Å²) in [5.74, 6) is 0.185. The molecule has 1 aromatic heterocycles. The highest BCUT2D eigenvalue weighted by Gasteiger charge is 2.31. The highest BCUT2D eigenvalue weighted by Crippen LogP contribution is 2.33. The van der Waals surface area contributed by atoms with Crippen LogP contribution in [0.4, 0.5) is 18.9 Å². The van der Waals surface area contributed by atoms with E-state index in [0.29, 0.717) is 5.76 Å². The minimum absolute atomic E-state index is 0.0343. The molecule has 0 saturated heterocycles. The van der Waals surface area contributed by atoms with Crippen LogP contribution in [-0.2, 0) is 11.0 Å². The Morgan fingerprint density at radius 2 is 1.86 bits per heavy atom. The molecule has 4 nitrogen and oxygen atoms in total. The number of alkyl halides is 3. The highest BCUT2D eigenvalue weighted by molar-refractivity contribution is 6.33. The minimum atomic E-state index is -4.52. The maximum Gasteiger partial charge on any atom is 0.416 e. The predicted molar refractivity (Wildman–Crippen MR) is 98.9 cm³/mol. The van der Waals surface area contributed by atoms with Crippen molar-refractivity contribution in [1.82, 2.24) is 0 Å². The van der Waals surface area contributed by atoms with Crippen LogP contribution in [0.5, 0.6) is 0 Å². The van der Waals surface area contributed by atoms with Crippen molar-refractivity contribution in [3.05, 3.63) is 88.8 Å². The average molecular weight is 410 g/mol. The summed E-state index contributed by atoms with van der Waals surface area (Å²) in [5, 5.41) is 4.22. The van der Waals surface area contributed by atoms with E-state index in [0.717, 1.165) is 23.8 Å². The molecule has 3 N–H and O–H groups in total. The van der Waals surface area contributed by atoms with Crippen LogP contribution in [0.15, 0.2) is 71.3 Å². The fourth-order valence-electron chi connectivity index (χ4n) is 2.77. The van der Waals surface area contributed by atoms with Gasteiger partial charge in [-0.25, -0.2) is 0 Å². The van der Waals surface area contributed by atoms with Gasteiger partial charge in [0, 0.05) is 5.56 Å². The first-order valence-electron chi connectivity index (χ1n) is 8.43. The molecule has 28 heavy (non-hydrogen) atoms. The number of quaternary nitrogens is 1. The molecular weight excluding hydrogens is 393 g/mol. The molecule has 3 aromatic rings. The topological polar surface area (TPSA) is 58.9 Å². The van der Waals surface area contributed by atoms with E-state index in [1.807, 2.05) is 30.3 Å². The van der Waals surface area contributed by atoms with Crippen molar-refractivity contribution in [3.8, 4) is 0 Å². The van der Waals surface area contributed by atoms with Crippen molar-refractivity contribution in [3.63, 3.8) is 0 Å². The van der Waals surface area contributed by atoms with E-state index < -0.39 is 17.6 Å². The van der Waals surface area contributed by atoms with Crippen LogP contribution in [-0.4, -0.2) is 12.5 Å². The van der Waals surface area contributed by atoms with Gasteiger partial charge in [-0.1, -0.05) is 41.9 Å². The van der Waals surface area contributed by atoms with E-state index in [-0.39, 0.29) is 23.3 Å². The molecule has 1 amide bonds. The number of amides is 1. The van der Waals surface area contributed by atoms with E-state index in [1.54, 1.807) is 23.7 Å². The molecule has 0 radical (unpaired) electrons. The number of rotatable bonds is 6. The fourth-order valence-corrected chi connectivity index (χ4v) is 2.93. The van der Waals surface area contributed by atoms with Crippen molar-refractivity contribution in [2.24, 2.45) is 0 Å². The summed E-state index contributed by atoms with van der Waals surface area (Å²) in [7, 11) is 0. The molecule has 1 heterocycles. The Hall–Kier alpha value is -2.77. The standard InChI is InChI=1S/C20H16ClF3N2O2/c21-15-9-8-14(20(22,23)24)11-16(15)26-18(27)12-25-19(17-7-4-10-28-17)13-5-2-1-3-6-13/h1-11,19,25H,12H2,(H,26,27)/p+1/t19-/m0/s1. The van der Waals surface area contributed by atoms with E-state index in [4.69, 9.17) is 16.0 Å². The lowest BCUT2D eigenvalue weighted by Gasteiger charge is -2.15. The maximum atomic E-state index is 12.9. The first-order valence-corrected chi connectivity index (χ1v) is 8.80. The SMILES string of the molecule is O=C(C[NH2+][C@@H](c1ccccc1)c1ccco1)Nc1cc(C(F)(F)F)ccc1Cl. The number of carbonyl (C=O) groups excluding carboxylic acids is 1. The largest absolute Gasteiger partial charge is 0.463 e. The first kappa shape index (κ1) is 20.0. The van der Waals surface area contributed by atoms with Crippen molar-refractivity contribution in [2.45, 2.75) is 12.2 Å². The molecule has 8 heteroatoms. The van der Waals surface area contributed by atoms with Crippen LogP contribution < -0.4 is 10.6 Å². The van der Waals surface area contributed by atoms with Gasteiger partial charge in [0.25, 0.3) is 5.91 Å². The van der Waals surface area contributed by atoms with Crippen molar-refractivity contribution < 1.29 is 27.7 Å². The van der Waals surface area contributed by atoms with Gasteiger partial charge in [-0.15, -0.1) is 0 Å². The van der Waals surface area contributed by atoms with Gasteiger partial charge in [0.05, 0.1) is 22.5 Å². The first-order chi connectivity index (χ1) is 13.3. The number of nitrogens with one attached hydrogen (secondary N) is 1. The number of nitrogens with two attached hydrogens (primary N) is 1. The van der Waals surface area contributed by atoms with E-state index >= 15 is 0 Å². The zero-order valence-electron chi connectivity index (χ0n) is 14.5. The summed E-state index contributed by atoms with van der Waals surface area (Å²) < 4.78 is 44.1. The minimum Gasteiger partial charge on any atom is -0.463 e. The Kier molecular flexibility index (Phi) is 6.06. The Balaban J connectivity index is 1.71. The Morgan fingerprint density at radius 3 is 2.50 bits per heavy atom. The van der Waals surface area contributed by atoms with Crippen molar-refractivity contribution >= 4 is 23.2 Å². The van der Waals surface area contributed by atoms with E-state index in [9.17, 15) is 18.0 Å². The second-order valence-electron chi connectivity index (χ2n) is 6.08. The van der Waals surface area contributed by atoms with Gasteiger partial charge in [0.1, 0.15) is 0 Å². The zero-order chi connectivity index (χ0) is 20.1. The lowest BCUT2D eigenvalue weighted by atomic mass is 10.0. The second-order valence-corrected chi connectivity index (χ2v) is 6.49. The molecule has 0 aliphatic heterocycles. The van der Waals surface area contributed by atoms with Gasteiger partial charge in [-0.2, -0.15) is 13.2 Å². The van der Waals surface area contributed by atoms with Gasteiger partial charge in [-0.05, 0) is 30.3 Å². The molecule has 0 aliphatic rings. The second kappa shape index (κ2) is 8.50. The molecule has 0 saturated carbocycles. The highest BCUT2D eigenvalue weighted by atomic mass is 35.5. The number of benzene rings is 2. The number of hydrogen-bond donors (Lipinski definition) is 2. The molecule has 146 valence electrons. The van der Waals surface area contributed by atoms with Gasteiger partial charge in [0.15, 0.2) is 18.3 Å². The number of halogens is 4. The van der Waals surface area contributed by atoms with E-state index in [2.05, 4.69) is 5.32 Å². The average Bonchev–Trinajstić information content (AvgIpc) is 3.18. The summed E-state index contributed by atoms with van der Waals surface area (Å²) >= 11 is 5.92. The molecule has 0 bridgehead atoms. The summed E-state index contributed by atoms with van der Waals surface area (Å²) in [6.45, 7) is -0.0349. The summed E-state index contributed by atoms with van der Waals surface area (Å²) in [6, 6.07) is 15.5. The number of hydrogen-bond acceptors (Lipinski definition) is 2. The van der Waals surface area contributed by atoms with Crippen LogP contribution in [0, 0.1) is 0 Å². The Bertz CT molecular complexity index is 928. The lowest BCUT2D eigenvalue weighted by molar-refractivity contribution is -0.678. The smallest absolute Gasteiger partial charge is 0.416 e. The third kappa shape index (κ3) is 4.94. The third-order valence-electron chi connectivity index (χ3n) is 4.12. The summed E-state index contributed by atoms with van der Waals surface area (Å²) in [5.41, 5.74) is -0.0274. The normalized spacial score (nSPS) is 12.6. The van der Waals surface area contributed by atoms with Gasteiger partial charge in [0.2, 0.25) is 0 Å². The van der Waals surface area contributed by atoms with E-state index in [1.165, 1.54) is 0 Å². The molecule has 2 aromatic carbocycles. The van der Waals surface area contributed by atoms with Crippen molar-refractivity contribution in [2.75, 3.05) is 11.9 Å². The number of anilines is 1. The molecule has 0 aliphatic carbocycles. The zero-order valence-corrected chi connectivity index (χ0v) is 15.3. The van der Waals surface area contributed by atoms with Crippen LogP contribution in [0.3, 0.4) is 0 Å². The quantitative estimate of drug-likeness (QED) is 0.639. The number of furan rings is 1. The van der Waals surface area contributed by atoms with Gasteiger partial charge < -0.3 is 15.1 Å². The van der Waals surface area contributed by atoms with Crippen LogP contribution in [0.25, 0.3) is 0 Å². The lowest BCUT2D eigenvalue weighted by Crippen LogP contribution is -2.87. The van der Waals surface area contributed by atoms with Crippen LogP contribution in [0.2, 0.25) is 5.02 Å². The monoisotopic (exact) mass is 409 g/mol. The molecule has 0 unspecified atom stereocenters. The Morgan fingerprint density at radius 1 is 1.11 bits per heavy atom. The third-order valence-corrected chi connectivity index (χ3v) is 4.44. The molecule has 1 atom stereocenters. The van der Waals surface area contributed by atoms with Crippen LogP contribution >= 0.6 is 11.6 Å².